The van der Waals surface area contributed by atoms with Crippen LogP contribution in [0.2, 0.25) is 0 Å². The largest absolute Gasteiger partial charge is 0.481 e. The minimum absolute atomic E-state index is 0.0190. The Bertz CT molecular complexity index is 1120. The smallest absolute Gasteiger partial charge is 0.313 e. The molecule has 0 spiro atoms. The first-order valence-electron chi connectivity index (χ1n) is 9.40. The molecule has 4 rings (SSSR count). The van der Waals surface area contributed by atoms with Gasteiger partial charge in [-0.1, -0.05) is 16.9 Å². The second-order valence-corrected chi connectivity index (χ2v) is 10.2. The van der Waals surface area contributed by atoms with Gasteiger partial charge in [0.15, 0.2) is 10.8 Å². The molecule has 0 bridgehead atoms. The number of amides is 2. The highest BCUT2D eigenvalue weighted by atomic mass is 32.2. The molecule has 4 heterocycles. The minimum atomic E-state index is -1.18. The topological polar surface area (TPSA) is 191 Å². The Hall–Kier alpha value is -2.92. The monoisotopic (exact) mass is 513 g/mol. The van der Waals surface area contributed by atoms with E-state index in [9.17, 15) is 19.5 Å². The lowest BCUT2D eigenvalue weighted by atomic mass is 9.89. The van der Waals surface area contributed by atoms with Crippen LogP contribution in [0.1, 0.15) is 5.69 Å². The van der Waals surface area contributed by atoms with Crippen LogP contribution in [0.3, 0.4) is 0 Å². The average molecular weight is 514 g/mol. The number of nitrogen functional groups attached to an aromatic ring is 1. The number of hydrogen-bond acceptors (Lipinski definition) is 13. The van der Waals surface area contributed by atoms with E-state index in [-0.39, 0.29) is 45.9 Å². The number of hydrogen-bond donors (Lipinski definition) is 3. The van der Waals surface area contributed by atoms with E-state index in [1.54, 1.807) is 12.4 Å². The molecule has 2 aromatic heterocycles. The fourth-order valence-corrected chi connectivity index (χ4v) is 6.61. The zero-order valence-electron chi connectivity index (χ0n) is 17.4. The van der Waals surface area contributed by atoms with Crippen molar-refractivity contribution >= 4 is 63.5 Å². The van der Waals surface area contributed by atoms with Crippen molar-refractivity contribution < 1.29 is 24.3 Å². The first-order chi connectivity index (χ1) is 15.8. The summed E-state index contributed by atoms with van der Waals surface area (Å²) in [7, 11) is 2.95. The number of tetrazole rings is 1. The maximum Gasteiger partial charge on any atom is 0.313 e. The number of oxime groups is 1. The van der Waals surface area contributed by atoms with Crippen molar-refractivity contribution in [1.82, 2.24) is 35.4 Å². The van der Waals surface area contributed by atoms with E-state index < -0.39 is 23.3 Å². The maximum atomic E-state index is 12.8. The molecule has 17 heteroatoms. The van der Waals surface area contributed by atoms with Crippen molar-refractivity contribution in [3.63, 3.8) is 0 Å². The predicted molar refractivity (Wildman–Crippen MR) is 120 cm³/mol. The van der Waals surface area contributed by atoms with Crippen LogP contribution in [0.4, 0.5) is 5.13 Å². The molecule has 14 nitrogen and oxygen atoms in total. The summed E-state index contributed by atoms with van der Waals surface area (Å²) >= 11 is 3.66. The van der Waals surface area contributed by atoms with Crippen LogP contribution in [-0.4, -0.2) is 95.3 Å². The van der Waals surface area contributed by atoms with E-state index in [0.29, 0.717) is 5.16 Å². The number of carbonyl (C=O) groups excluding carboxylic acids is 2. The summed E-state index contributed by atoms with van der Waals surface area (Å²) in [6.07, 6.45) is 0. The van der Waals surface area contributed by atoms with Crippen LogP contribution in [0.25, 0.3) is 0 Å². The third kappa shape index (κ3) is 4.34. The number of aromatic nitrogens is 5. The van der Waals surface area contributed by atoms with Crippen molar-refractivity contribution in [2.75, 3.05) is 30.9 Å². The van der Waals surface area contributed by atoms with Crippen molar-refractivity contribution in [2.45, 2.75) is 16.6 Å². The number of rotatable bonds is 8. The Morgan fingerprint density at radius 1 is 1.52 bits per heavy atom. The van der Waals surface area contributed by atoms with Crippen LogP contribution in [0.5, 0.6) is 0 Å². The van der Waals surface area contributed by atoms with Gasteiger partial charge in [-0.3, -0.25) is 14.4 Å². The minimum Gasteiger partial charge on any atom is -0.481 e. The summed E-state index contributed by atoms with van der Waals surface area (Å²) in [4.78, 5) is 48.0. The number of aryl methyl sites for hydroxylation is 1. The van der Waals surface area contributed by atoms with Crippen LogP contribution >= 0.6 is 34.9 Å². The van der Waals surface area contributed by atoms with Crippen molar-refractivity contribution in [1.29, 1.82) is 0 Å². The first-order valence-corrected chi connectivity index (χ1v) is 12.3. The van der Waals surface area contributed by atoms with Gasteiger partial charge < -0.3 is 25.9 Å². The zero-order chi connectivity index (χ0) is 23.8. The molecule has 4 N–H and O–H groups in total. The number of nitrogens with zero attached hydrogens (tertiary/aromatic N) is 7. The van der Waals surface area contributed by atoms with Crippen molar-refractivity contribution in [3.8, 4) is 0 Å². The third-order valence-electron chi connectivity index (χ3n) is 5.11. The van der Waals surface area contributed by atoms with Gasteiger partial charge >= 0.3 is 5.97 Å². The molecule has 33 heavy (non-hydrogen) atoms. The fourth-order valence-electron chi connectivity index (χ4n) is 3.35. The van der Waals surface area contributed by atoms with Gasteiger partial charge in [0.05, 0.1) is 0 Å². The highest BCUT2D eigenvalue weighted by Crippen LogP contribution is 2.44. The molecule has 2 aliphatic rings. The highest BCUT2D eigenvalue weighted by molar-refractivity contribution is 8.00. The van der Waals surface area contributed by atoms with Crippen LogP contribution in [0.15, 0.2) is 15.7 Å². The number of thiazole rings is 1. The van der Waals surface area contributed by atoms with E-state index in [1.807, 2.05) is 0 Å². The van der Waals surface area contributed by atoms with E-state index in [4.69, 9.17) is 10.6 Å². The number of anilines is 1. The molecular formula is C16H19N9O5S3. The van der Waals surface area contributed by atoms with Crippen LogP contribution in [-0.2, 0) is 26.3 Å². The van der Waals surface area contributed by atoms with Gasteiger partial charge in [-0.25, -0.2) is 9.67 Å². The van der Waals surface area contributed by atoms with Gasteiger partial charge in [0.2, 0.25) is 11.1 Å². The average Bonchev–Trinajstić information content (AvgIpc) is 3.41. The summed E-state index contributed by atoms with van der Waals surface area (Å²) in [6.45, 7) is 0.0190. The summed E-state index contributed by atoms with van der Waals surface area (Å²) in [5, 5.41) is 29.4. The van der Waals surface area contributed by atoms with Crippen molar-refractivity contribution in [3.05, 3.63) is 11.1 Å². The second kappa shape index (κ2) is 9.14. The summed E-state index contributed by atoms with van der Waals surface area (Å²) in [5.74, 6) is -1.57. The number of carboxylic acids is 1. The SMILES string of the molecule is CON=C(C(=O)NC1C(=O)N2CC(CSc3nnnn3C)(C(=O)O)CS[C@H]12)c1csc(N)n1. The summed E-state index contributed by atoms with van der Waals surface area (Å²) < 4.78 is 1.45. The number of carboxylic acid groups (broad SMARTS) is 1. The van der Waals surface area contributed by atoms with Gasteiger partial charge in [0.1, 0.15) is 29.6 Å². The molecule has 2 fully saturated rings. The molecule has 0 aliphatic carbocycles. The summed E-state index contributed by atoms with van der Waals surface area (Å²) in [5.41, 5.74) is 4.58. The van der Waals surface area contributed by atoms with Gasteiger partial charge in [-0.2, -0.15) is 0 Å². The van der Waals surface area contributed by atoms with Gasteiger partial charge in [0.25, 0.3) is 5.91 Å². The molecule has 0 radical (unpaired) electrons. The molecular weight excluding hydrogens is 494 g/mol. The Kier molecular flexibility index (Phi) is 6.44. The van der Waals surface area contributed by atoms with Crippen molar-refractivity contribution in [2.24, 2.45) is 17.6 Å². The molecule has 0 saturated carbocycles. The lowest BCUT2D eigenvalue weighted by molar-refractivity contribution is -0.157. The predicted octanol–water partition coefficient (Wildman–Crippen LogP) is -1.14. The quantitative estimate of drug-likeness (QED) is 0.167. The molecule has 3 atom stereocenters. The first kappa shape index (κ1) is 23.2. The standard InChI is InChI=1S/C16H19N9O5S3/c1-24-15(20-22-23-24)33-6-16(13(28)29)4-25-11(27)9(12(25)32-5-16)19-10(26)8(21-30-2)7-3-31-14(17)18-7/h3,9,12H,4-6H2,1-2H3,(H2,17,18)(H,19,26)(H,28,29)/t9?,12-,16?/m1/s1. The van der Waals surface area contributed by atoms with E-state index >= 15 is 0 Å². The second-order valence-electron chi connectivity index (χ2n) is 7.27. The van der Waals surface area contributed by atoms with Gasteiger partial charge in [-0.05, 0) is 10.4 Å². The van der Waals surface area contributed by atoms with E-state index in [2.05, 4.69) is 31.0 Å². The fraction of sp³-hybridized carbons (Fsp3) is 0.500. The number of carbonyl (C=O) groups is 3. The molecule has 176 valence electrons. The van der Waals surface area contributed by atoms with Gasteiger partial charge in [0, 0.05) is 30.5 Å². The lowest BCUT2D eigenvalue weighted by Gasteiger charge is -2.53. The van der Waals surface area contributed by atoms with Gasteiger partial charge in [-0.15, -0.1) is 28.2 Å². The zero-order valence-corrected chi connectivity index (χ0v) is 19.8. The summed E-state index contributed by atoms with van der Waals surface area (Å²) in [6, 6.07) is -0.817. The van der Waals surface area contributed by atoms with Crippen LogP contribution < -0.4 is 11.1 Å². The molecule has 0 aromatic carbocycles. The van der Waals surface area contributed by atoms with Crippen LogP contribution in [0, 0.1) is 5.41 Å². The third-order valence-corrected chi connectivity index (χ3v) is 8.67. The number of thioether (sulfide) groups is 2. The molecule has 2 saturated heterocycles. The number of fused-ring (bicyclic) bond motifs is 1. The number of nitrogens with one attached hydrogen (secondary N) is 1. The number of β-lactam (4-membered cyclic amide) rings is 1. The van der Waals surface area contributed by atoms with E-state index in [0.717, 1.165) is 11.3 Å². The maximum absolute atomic E-state index is 12.8. The molecule has 2 aromatic rings. The Balaban J connectivity index is 1.43. The molecule has 2 aliphatic heterocycles. The Labute approximate surface area is 199 Å². The molecule has 2 unspecified atom stereocenters. The normalized spacial score (nSPS) is 24.7. The molecule has 2 amide bonds. The lowest BCUT2D eigenvalue weighted by Crippen LogP contribution is -2.74. The number of aliphatic carboxylic acids is 1. The van der Waals surface area contributed by atoms with E-state index in [1.165, 1.54) is 40.2 Å². The number of nitrogens with two attached hydrogens (primary N) is 1. The Morgan fingerprint density at radius 2 is 2.30 bits per heavy atom. The highest BCUT2D eigenvalue weighted by Gasteiger charge is 2.57. The Morgan fingerprint density at radius 3 is 2.91 bits per heavy atom.